The Labute approximate surface area is 108 Å². The van der Waals surface area contributed by atoms with Crippen molar-refractivity contribution in [2.45, 2.75) is 20.0 Å². The van der Waals surface area contributed by atoms with E-state index in [-0.39, 0.29) is 22.8 Å². The highest BCUT2D eigenvalue weighted by molar-refractivity contribution is 6.31. The van der Waals surface area contributed by atoms with Crippen molar-refractivity contribution in [2.24, 2.45) is 5.41 Å². The first-order valence-electron chi connectivity index (χ1n) is 5.46. The maximum atomic E-state index is 12.9. The predicted octanol–water partition coefficient (Wildman–Crippen LogP) is 4.19. The van der Waals surface area contributed by atoms with Gasteiger partial charge in [0.15, 0.2) is 5.75 Å². The summed E-state index contributed by atoms with van der Waals surface area (Å²) < 4.78 is 44.1. The van der Waals surface area contributed by atoms with Crippen LogP contribution in [0.2, 0.25) is 5.02 Å². The Balaban J connectivity index is 2.51. The molecular formula is C12H13ClF3NO. The third kappa shape index (κ3) is 2.66. The van der Waals surface area contributed by atoms with Crippen molar-refractivity contribution in [3.63, 3.8) is 0 Å². The molecule has 1 heterocycles. The average Bonchev–Trinajstić information content (AvgIpc) is 2.36. The first-order valence-corrected chi connectivity index (χ1v) is 5.84. The molecule has 0 saturated heterocycles. The zero-order chi connectivity index (χ0) is 13.6. The van der Waals surface area contributed by atoms with Gasteiger partial charge in [-0.2, -0.15) is 13.2 Å². The average molecular weight is 280 g/mol. The van der Waals surface area contributed by atoms with Crippen molar-refractivity contribution >= 4 is 17.3 Å². The molecule has 0 aromatic heterocycles. The number of anilines is 1. The van der Waals surface area contributed by atoms with E-state index in [4.69, 9.17) is 16.3 Å². The monoisotopic (exact) mass is 279 g/mol. The summed E-state index contributed by atoms with van der Waals surface area (Å²) in [4.78, 5) is 0. The molecule has 1 aliphatic rings. The number of ether oxygens (including phenoxy) is 1. The third-order valence-corrected chi connectivity index (χ3v) is 2.94. The zero-order valence-electron chi connectivity index (χ0n) is 9.99. The van der Waals surface area contributed by atoms with Gasteiger partial charge in [-0.1, -0.05) is 25.4 Å². The van der Waals surface area contributed by atoms with E-state index in [1.165, 1.54) is 6.07 Å². The molecule has 18 heavy (non-hydrogen) atoms. The number of rotatable bonds is 0. The van der Waals surface area contributed by atoms with Crippen LogP contribution in [0, 0.1) is 5.41 Å². The fraction of sp³-hybridized carbons (Fsp3) is 0.500. The molecule has 2 rings (SSSR count). The predicted molar refractivity (Wildman–Crippen MR) is 64.2 cm³/mol. The van der Waals surface area contributed by atoms with Crippen LogP contribution in [0.1, 0.15) is 19.4 Å². The number of nitrogens with one attached hydrogen (secondary N) is 1. The summed E-state index contributed by atoms with van der Waals surface area (Å²) in [7, 11) is 0. The number of halogens is 4. The highest BCUT2D eigenvalue weighted by Gasteiger charge is 2.37. The highest BCUT2D eigenvalue weighted by Crippen LogP contribution is 2.44. The smallest absolute Gasteiger partial charge is 0.420 e. The molecule has 1 aromatic carbocycles. The normalized spacial score (nSPS) is 18.3. The molecule has 1 N–H and O–H groups in total. The molecule has 0 aliphatic carbocycles. The summed E-state index contributed by atoms with van der Waals surface area (Å²) in [5.74, 6) is -0.169. The fourth-order valence-corrected chi connectivity index (χ4v) is 1.96. The largest absolute Gasteiger partial charge is 0.490 e. The van der Waals surface area contributed by atoms with Gasteiger partial charge in [-0.3, -0.25) is 0 Å². The number of benzene rings is 1. The van der Waals surface area contributed by atoms with Crippen molar-refractivity contribution in [3.8, 4) is 5.75 Å². The summed E-state index contributed by atoms with van der Waals surface area (Å²) in [6, 6.07) is 2.34. The molecule has 0 spiro atoms. The molecular weight excluding hydrogens is 267 g/mol. The number of hydrogen-bond acceptors (Lipinski definition) is 2. The fourth-order valence-electron chi connectivity index (χ4n) is 1.74. The van der Waals surface area contributed by atoms with Gasteiger partial charge in [0.1, 0.15) is 5.56 Å². The third-order valence-electron chi connectivity index (χ3n) is 2.72. The lowest BCUT2D eigenvalue weighted by Gasteiger charge is -2.21. The van der Waals surface area contributed by atoms with Crippen LogP contribution in [0.3, 0.4) is 0 Å². The number of fused-ring (bicyclic) bond motifs is 1. The topological polar surface area (TPSA) is 21.3 Å². The lowest BCUT2D eigenvalue weighted by atomic mass is 9.95. The standard InChI is InChI=1S/C12H13ClF3NO/c1-11(2)5-17-9-4-7(13)3-8(12(14,15)16)10(9)18-6-11/h3-4,17H,5-6H2,1-2H3. The summed E-state index contributed by atoms with van der Waals surface area (Å²) in [5, 5.41) is 3.00. The lowest BCUT2D eigenvalue weighted by molar-refractivity contribution is -0.139. The van der Waals surface area contributed by atoms with Crippen LogP contribution in [-0.4, -0.2) is 13.2 Å². The second-order valence-corrected chi connectivity index (χ2v) is 5.57. The van der Waals surface area contributed by atoms with Gasteiger partial charge in [-0.25, -0.2) is 0 Å². The van der Waals surface area contributed by atoms with Crippen LogP contribution in [0.15, 0.2) is 12.1 Å². The summed E-state index contributed by atoms with van der Waals surface area (Å²) in [5.41, 5.74) is -0.787. The van der Waals surface area contributed by atoms with Gasteiger partial charge < -0.3 is 10.1 Å². The molecule has 0 fully saturated rings. The van der Waals surface area contributed by atoms with Gasteiger partial charge in [-0.15, -0.1) is 0 Å². The molecule has 0 atom stereocenters. The quantitative estimate of drug-likeness (QED) is 0.769. The molecule has 2 nitrogen and oxygen atoms in total. The van der Waals surface area contributed by atoms with E-state index in [9.17, 15) is 13.2 Å². The lowest BCUT2D eigenvalue weighted by Crippen LogP contribution is -2.27. The SMILES string of the molecule is CC1(C)CNc2cc(Cl)cc(C(F)(F)F)c2OC1. The molecule has 100 valence electrons. The molecule has 0 radical (unpaired) electrons. The van der Waals surface area contributed by atoms with Gasteiger partial charge in [0, 0.05) is 17.0 Å². The van der Waals surface area contributed by atoms with Crippen LogP contribution in [0.5, 0.6) is 5.75 Å². The minimum atomic E-state index is -4.48. The van der Waals surface area contributed by atoms with E-state index in [1.807, 2.05) is 13.8 Å². The summed E-state index contributed by atoms with van der Waals surface area (Å²) >= 11 is 5.72. The molecule has 0 unspecified atom stereocenters. The Kier molecular flexibility index (Phi) is 3.13. The van der Waals surface area contributed by atoms with Crippen molar-refractivity contribution in [3.05, 3.63) is 22.7 Å². The molecule has 0 bridgehead atoms. The minimum absolute atomic E-state index is 0.0388. The first-order chi connectivity index (χ1) is 8.19. The molecule has 0 amide bonds. The van der Waals surface area contributed by atoms with E-state index >= 15 is 0 Å². The van der Waals surface area contributed by atoms with Crippen LogP contribution in [-0.2, 0) is 6.18 Å². The Morgan fingerprint density at radius 1 is 1.33 bits per heavy atom. The van der Waals surface area contributed by atoms with Gasteiger partial charge in [0.05, 0.1) is 12.3 Å². The number of hydrogen-bond donors (Lipinski definition) is 1. The van der Waals surface area contributed by atoms with Crippen LogP contribution < -0.4 is 10.1 Å². The van der Waals surface area contributed by atoms with Crippen molar-refractivity contribution in [1.29, 1.82) is 0 Å². The van der Waals surface area contributed by atoms with Crippen molar-refractivity contribution in [1.82, 2.24) is 0 Å². The van der Waals surface area contributed by atoms with E-state index in [0.717, 1.165) is 6.07 Å². The van der Waals surface area contributed by atoms with E-state index in [0.29, 0.717) is 12.2 Å². The van der Waals surface area contributed by atoms with Gasteiger partial charge in [0.2, 0.25) is 0 Å². The minimum Gasteiger partial charge on any atom is -0.490 e. The highest BCUT2D eigenvalue weighted by atomic mass is 35.5. The van der Waals surface area contributed by atoms with Crippen molar-refractivity contribution in [2.75, 3.05) is 18.5 Å². The van der Waals surface area contributed by atoms with Gasteiger partial charge in [-0.05, 0) is 12.1 Å². The van der Waals surface area contributed by atoms with Crippen molar-refractivity contribution < 1.29 is 17.9 Å². The number of alkyl halides is 3. The second-order valence-electron chi connectivity index (χ2n) is 5.13. The van der Waals surface area contributed by atoms with Crippen LogP contribution in [0.4, 0.5) is 18.9 Å². The second kappa shape index (κ2) is 4.23. The van der Waals surface area contributed by atoms with Crippen LogP contribution >= 0.6 is 11.6 Å². The molecule has 6 heteroatoms. The Bertz CT molecular complexity index is 471. The molecule has 1 aliphatic heterocycles. The Morgan fingerprint density at radius 3 is 2.61 bits per heavy atom. The summed E-state index contributed by atoms with van der Waals surface area (Å²) in [6.07, 6.45) is -4.48. The maximum absolute atomic E-state index is 12.9. The summed E-state index contributed by atoms with van der Waals surface area (Å²) in [6.45, 7) is 4.58. The van der Waals surface area contributed by atoms with E-state index < -0.39 is 11.7 Å². The van der Waals surface area contributed by atoms with Gasteiger partial charge >= 0.3 is 6.18 Å². The van der Waals surface area contributed by atoms with Gasteiger partial charge in [0.25, 0.3) is 0 Å². The van der Waals surface area contributed by atoms with Crippen LogP contribution in [0.25, 0.3) is 0 Å². The Hall–Kier alpha value is -1.10. The van der Waals surface area contributed by atoms with E-state index in [1.54, 1.807) is 0 Å². The maximum Gasteiger partial charge on any atom is 0.420 e. The zero-order valence-corrected chi connectivity index (χ0v) is 10.7. The van der Waals surface area contributed by atoms with E-state index in [2.05, 4.69) is 5.32 Å². The Morgan fingerprint density at radius 2 is 2.00 bits per heavy atom. The molecule has 1 aromatic rings. The molecule has 0 saturated carbocycles. The first kappa shape index (κ1) is 13.3.